The van der Waals surface area contributed by atoms with Crippen molar-refractivity contribution in [2.24, 2.45) is 5.92 Å². The van der Waals surface area contributed by atoms with Gasteiger partial charge < -0.3 is 0 Å². The van der Waals surface area contributed by atoms with Crippen molar-refractivity contribution in [3.8, 4) is 0 Å². The summed E-state index contributed by atoms with van der Waals surface area (Å²) in [5.74, 6) is -0.836. The lowest BCUT2D eigenvalue weighted by Crippen LogP contribution is -2.31. The molecule has 0 saturated carbocycles. The smallest absolute Gasteiger partial charge is 0.257 e. The van der Waals surface area contributed by atoms with Crippen LogP contribution >= 0.6 is 0 Å². The molecule has 0 unspecified atom stereocenters. The Labute approximate surface area is 129 Å². The first kappa shape index (κ1) is 14.5. The second-order valence-corrected chi connectivity index (χ2v) is 5.38. The second-order valence-electron chi connectivity index (χ2n) is 5.38. The number of hydrogen-bond donors (Lipinski definition) is 0. The van der Waals surface area contributed by atoms with E-state index in [1.807, 2.05) is 60.7 Å². The Hall–Kier alpha value is -2.46. The standard InChI is InChI=1S/C18H17NO3/c20-17-12-16(11-14-7-3-1-4-8-14)18(21)19(17)22-13-15-9-5-2-6-10-15/h1-10,16H,11-13H2/t16-/m0/s1. The van der Waals surface area contributed by atoms with E-state index in [1.54, 1.807) is 0 Å². The van der Waals surface area contributed by atoms with E-state index in [1.165, 1.54) is 0 Å². The topological polar surface area (TPSA) is 46.6 Å². The molecule has 1 aliphatic rings. The molecule has 4 nitrogen and oxygen atoms in total. The molecule has 1 fully saturated rings. The fourth-order valence-corrected chi connectivity index (χ4v) is 2.58. The number of imide groups is 1. The molecule has 2 aromatic rings. The van der Waals surface area contributed by atoms with Gasteiger partial charge in [0.2, 0.25) is 0 Å². The van der Waals surface area contributed by atoms with E-state index in [0.717, 1.165) is 16.2 Å². The van der Waals surface area contributed by atoms with Gasteiger partial charge in [-0.3, -0.25) is 14.4 Å². The predicted octanol–water partition coefficient (Wildman–Crippen LogP) is 2.74. The zero-order valence-electron chi connectivity index (χ0n) is 12.1. The van der Waals surface area contributed by atoms with Crippen LogP contribution < -0.4 is 0 Å². The van der Waals surface area contributed by atoms with Gasteiger partial charge in [0.1, 0.15) is 6.61 Å². The van der Waals surface area contributed by atoms with Crippen LogP contribution in [0.25, 0.3) is 0 Å². The van der Waals surface area contributed by atoms with Crippen LogP contribution in [0.2, 0.25) is 0 Å². The molecule has 1 heterocycles. The van der Waals surface area contributed by atoms with Crippen molar-refractivity contribution in [3.05, 3.63) is 71.8 Å². The van der Waals surface area contributed by atoms with Gasteiger partial charge in [-0.2, -0.15) is 5.06 Å². The van der Waals surface area contributed by atoms with E-state index in [0.29, 0.717) is 6.42 Å². The summed E-state index contributed by atoms with van der Waals surface area (Å²) in [7, 11) is 0. The minimum atomic E-state index is -0.328. The van der Waals surface area contributed by atoms with Crippen LogP contribution in [0.1, 0.15) is 17.5 Å². The molecule has 1 saturated heterocycles. The van der Waals surface area contributed by atoms with Crippen molar-refractivity contribution in [1.82, 2.24) is 5.06 Å². The zero-order valence-corrected chi connectivity index (χ0v) is 12.1. The Kier molecular flexibility index (Phi) is 4.30. The Morgan fingerprint density at radius 2 is 1.50 bits per heavy atom. The Morgan fingerprint density at radius 3 is 2.14 bits per heavy atom. The number of carbonyl (C=O) groups is 2. The highest BCUT2D eigenvalue weighted by atomic mass is 16.7. The van der Waals surface area contributed by atoms with Crippen LogP contribution in [0, 0.1) is 5.92 Å². The van der Waals surface area contributed by atoms with Gasteiger partial charge >= 0.3 is 0 Å². The minimum absolute atomic E-state index is 0.211. The van der Waals surface area contributed by atoms with Crippen LogP contribution in [0.15, 0.2) is 60.7 Å². The lowest BCUT2D eigenvalue weighted by Gasteiger charge is -2.14. The molecule has 0 N–H and O–H groups in total. The zero-order chi connectivity index (χ0) is 15.4. The first-order valence-corrected chi connectivity index (χ1v) is 7.31. The number of amides is 2. The molecule has 0 spiro atoms. The largest absolute Gasteiger partial charge is 0.272 e. The summed E-state index contributed by atoms with van der Waals surface area (Å²) in [6.45, 7) is 0.219. The molecule has 0 radical (unpaired) electrons. The minimum Gasteiger partial charge on any atom is -0.272 e. The summed E-state index contributed by atoms with van der Waals surface area (Å²) in [4.78, 5) is 29.7. The molecular weight excluding hydrogens is 278 g/mol. The van der Waals surface area contributed by atoms with E-state index < -0.39 is 0 Å². The molecule has 1 atom stereocenters. The monoisotopic (exact) mass is 295 g/mol. The van der Waals surface area contributed by atoms with E-state index in [9.17, 15) is 9.59 Å². The Balaban J connectivity index is 1.62. The van der Waals surface area contributed by atoms with Crippen LogP contribution in [0.5, 0.6) is 0 Å². The number of hydroxylamine groups is 2. The van der Waals surface area contributed by atoms with E-state index in [4.69, 9.17) is 4.84 Å². The van der Waals surface area contributed by atoms with Gasteiger partial charge in [-0.25, -0.2) is 0 Å². The molecule has 3 rings (SSSR count). The number of hydrogen-bond acceptors (Lipinski definition) is 3. The van der Waals surface area contributed by atoms with Crippen molar-refractivity contribution in [2.45, 2.75) is 19.4 Å². The summed E-state index contributed by atoms with van der Waals surface area (Å²) < 4.78 is 0. The van der Waals surface area contributed by atoms with Crippen LogP contribution in [0.3, 0.4) is 0 Å². The molecular formula is C18H17NO3. The Morgan fingerprint density at radius 1 is 0.909 bits per heavy atom. The van der Waals surface area contributed by atoms with Gasteiger partial charge in [0.25, 0.3) is 11.8 Å². The van der Waals surface area contributed by atoms with E-state index in [2.05, 4.69) is 0 Å². The molecule has 4 heteroatoms. The Bertz CT molecular complexity index is 655. The van der Waals surface area contributed by atoms with Crippen LogP contribution in [-0.4, -0.2) is 16.9 Å². The fourth-order valence-electron chi connectivity index (χ4n) is 2.58. The predicted molar refractivity (Wildman–Crippen MR) is 81.3 cm³/mol. The third kappa shape index (κ3) is 3.23. The van der Waals surface area contributed by atoms with Crippen LogP contribution in [0.4, 0.5) is 0 Å². The van der Waals surface area contributed by atoms with Gasteiger partial charge in [-0.1, -0.05) is 60.7 Å². The quantitative estimate of drug-likeness (QED) is 0.797. The van der Waals surface area contributed by atoms with Crippen molar-refractivity contribution >= 4 is 11.8 Å². The van der Waals surface area contributed by atoms with Gasteiger partial charge in [0, 0.05) is 6.42 Å². The fraction of sp³-hybridized carbons (Fsp3) is 0.222. The summed E-state index contributed by atoms with van der Waals surface area (Å²) >= 11 is 0. The molecule has 112 valence electrons. The maximum Gasteiger partial charge on any atom is 0.257 e. The number of rotatable bonds is 5. The lowest BCUT2D eigenvalue weighted by molar-refractivity contribution is -0.192. The van der Waals surface area contributed by atoms with E-state index in [-0.39, 0.29) is 30.8 Å². The highest BCUT2D eigenvalue weighted by molar-refractivity contribution is 6.02. The first-order chi connectivity index (χ1) is 10.7. The first-order valence-electron chi connectivity index (χ1n) is 7.31. The maximum atomic E-state index is 12.3. The number of carbonyl (C=O) groups excluding carboxylic acids is 2. The summed E-state index contributed by atoms with van der Waals surface area (Å²) in [6, 6.07) is 19.2. The lowest BCUT2D eigenvalue weighted by atomic mass is 9.98. The van der Waals surface area contributed by atoms with E-state index >= 15 is 0 Å². The van der Waals surface area contributed by atoms with Crippen molar-refractivity contribution < 1.29 is 14.4 Å². The normalized spacial score (nSPS) is 18.0. The van der Waals surface area contributed by atoms with Crippen molar-refractivity contribution in [1.29, 1.82) is 0 Å². The summed E-state index contributed by atoms with van der Waals surface area (Å²) in [5, 5.41) is 0.931. The molecule has 0 bridgehead atoms. The van der Waals surface area contributed by atoms with Crippen molar-refractivity contribution in [2.75, 3.05) is 0 Å². The number of benzene rings is 2. The summed E-state index contributed by atoms with van der Waals surface area (Å²) in [6.07, 6.45) is 0.777. The third-order valence-corrected chi connectivity index (χ3v) is 3.73. The highest BCUT2D eigenvalue weighted by Gasteiger charge is 2.39. The van der Waals surface area contributed by atoms with Crippen molar-refractivity contribution in [3.63, 3.8) is 0 Å². The molecule has 1 aliphatic heterocycles. The highest BCUT2D eigenvalue weighted by Crippen LogP contribution is 2.24. The molecule has 2 amide bonds. The maximum absolute atomic E-state index is 12.3. The van der Waals surface area contributed by atoms with Gasteiger partial charge in [-0.15, -0.1) is 0 Å². The average molecular weight is 295 g/mol. The van der Waals surface area contributed by atoms with Crippen LogP contribution in [-0.2, 0) is 27.5 Å². The SMILES string of the molecule is O=C1C[C@H](Cc2ccccc2)C(=O)N1OCc1ccccc1. The van der Waals surface area contributed by atoms with Gasteiger partial charge in [-0.05, 0) is 17.5 Å². The third-order valence-electron chi connectivity index (χ3n) is 3.73. The van der Waals surface area contributed by atoms with Gasteiger partial charge in [0.05, 0.1) is 5.92 Å². The average Bonchev–Trinajstić information content (AvgIpc) is 2.81. The molecule has 22 heavy (non-hydrogen) atoms. The summed E-state index contributed by atoms with van der Waals surface area (Å²) in [5.41, 5.74) is 1.98. The second kappa shape index (κ2) is 6.54. The number of nitrogens with zero attached hydrogens (tertiary/aromatic N) is 1. The molecule has 2 aromatic carbocycles. The molecule has 0 aliphatic carbocycles. The van der Waals surface area contributed by atoms with Gasteiger partial charge in [0.15, 0.2) is 0 Å². The molecule has 0 aromatic heterocycles.